The Morgan fingerprint density at radius 2 is 1.73 bits per heavy atom. The third kappa shape index (κ3) is 2.94. The van der Waals surface area contributed by atoms with E-state index in [1.54, 1.807) is 0 Å². The minimum Gasteiger partial charge on any atom is -0.381 e. The van der Waals surface area contributed by atoms with Gasteiger partial charge in [-0.2, -0.15) is 0 Å². The number of hydrogen-bond donors (Lipinski definition) is 0. The van der Waals surface area contributed by atoms with E-state index < -0.39 is 0 Å². The predicted octanol–water partition coefficient (Wildman–Crippen LogP) is 5.17. The molecule has 0 amide bonds. The van der Waals surface area contributed by atoms with Crippen molar-refractivity contribution in [2.75, 3.05) is 13.2 Å². The van der Waals surface area contributed by atoms with Gasteiger partial charge in [-0.3, -0.25) is 9.78 Å². The molecule has 1 saturated carbocycles. The number of aromatic nitrogens is 2. The summed E-state index contributed by atoms with van der Waals surface area (Å²) < 4.78 is 7.49. The van der Waals surface area contributed by atoms with Gasteiger partial charge in [0.15, 0.2) is 0 Å². The second-order valence-electron chi connectivity index (χ2n) is 8.56. The molecule has 1 aliphatic heterocycles. The van der Waals surface area contributed by atoms with Gasteiger partial charge in [-0.1, -0.05) is 42.5 Å². The maximum absolute atomic E-state index is 13.6. The van der Waals surface area contributed by atoms with E-state index in [0.717, 1.165) is 59.8 Å². The van der Waals surface area contributed by atoms with Crippen molar-refractivity contribution < 1.29 is 4.74 Å². The van der Waals surface area contributed by atoms with E-state index >= 15 is 0 Å². The summed E-state index contributed by atoms with van der Waals surface area (Å²) in [6, 6.07) is 21.0. The van der Waals surface area contributed by atoms with Crippen LogP contribution in [0.25, 0.3) is 21.7 Å². The first kappa shape index (κ1) is 17.8. The molecular formula is C26H24N2O2. The number of hydrogen-bond acceptors (Lipinski definition) is 3. The highest BCUT2D eigenvalue weighted by Gasteiger charge is 2.41. The summed E-state index contributed by atoms with van der Waals surface area (Å²) in [5.74, 6) is 0.711. The molecule has 6 rings (SSSR count). The van der Waals surface area contributed by atoms with Crippen molar-refractivity contribution >= 4 is 21.7 Å². The minimum absolute atomic E-state index is 0.142. The molecule has 0 spiro atoms. The summed E-state index contributed by atoms with van der Waals surface area (Å²) in [5.41, 5.74) is 3.44. The van der Waals surface area contributed by atoms with E-state index in [1.807, 2.05) is 22.9 Å². The van der Waals surface area contributed by atoms with Crippen LogP contribution in [0.2, 0.25) is 0 Å². The van der Waals surface area contributed by atoms with Crippen LogP contribution in [0.3, 0.4) is 0 Å². The molecule has 0 N–H and O–H groups in total. The maximum Gasteiger partial charge on any atom is 0.258 e. The molecule has 3 heterocycles. The molecule has 2 aromatic carbocycles. The highest BCUT2D eigenvalue weighted by molar-refractivity contribution is 5.85. The van der Waals surface area contributed by atoms with Crippen LogP contribution < -0.4 is 5.56 Å². The topological polar surface area (TPSA) is 44.1 Å². The van der Waals surface area contributed by atoms with E-state index in [-0.39, 0.29) is 11.6 Å². The van der Waals surface area contributed by atoms with Crippen LogP contribution in [-0.4, -0.2) is 22.8 Å². The summed E-state index contributed by atoms with van der Waals surface area (Å²) >= 11 is 0. The normalized spacial score (nSPS) is 21.9. The summed E-state index contributed by atoms with van der Waals surface area (Å²) in [7, 11) is 0. The lowest BCUT2D eigenvalue weighted by atomic mass is 9.88. The second-order valence-corrected chi connectivity index (χ2v) is 8.56. The van der Waals surface area contributed by atoms with Crippen molar-refractivity contribution in [1.29, 1.82) is 0 Å². The SMILES string of the molecule is O=c1c2c(C3CCOCC3)cccc2ccn1C1CC1c1ccc2ccccc2n1. The lowest BCUT2D eigenvalue weighted by molar-refractivity contribution is 0.0856. The van der Waals surface area contributed by atoms with Crippen molar-refractivity contribution in [2.24, 2.45) is 0 Å². The summed E-state index contributed by atoms with van der Waals surface area (Å²) in [5, 5.41) is 3.09. The Labute approximate surface area is 175 Å². The quantitative estimate of drug-likeness (QED) is 0.480. The molecule has 0 bridgehead atoms. The monoisotopic (exact) mass is 396 g/mol. The van der Waals surface area contributed by atoms with Gasteiger partial charge in [0, 0.05) is 42.5 Å². The zero-order chi connectivity index (χ0) is 20.1. The Morgan fingerprint density at radius 1 is 0.900 bits per heavy atom. The molecule has 30 heavy (non-hydrogen) atoms. The molecule has 4 heteroatoms. The lowest BCUT2D eigenvalue weighted by Crippen LogP contribution is -2.22. The van der Waals surface area contributed by atoms with Gasteiger partial charge in [0.2, 0.25) is 0 Å². The van der Waals surface area contributed by atoms with E-state index in [2.05, 4.69) is 48.5 Å². The largest absolute Gasteiger partial charge is 0.381 e. The molecule has 4 nitrogen and oxygen atoms in total. The molecule has 150 valence electrons. The zero-order valence-electron chi connectivity index (χ0n) is 16.8. The summed E-state index contributed by atoms with van der Waals surface area (Å²) in [6.45, 7) is 1.56. The van der Waals surface area contributed by atoms with Crippen LogP contribution >= 0.6 is 0 Å². The van der Waals surface area contributed by atoms with Crippen molar-refractivity contribution in [3.8, 4) is 0 Å². The van der Waals surface area contributed by atoms with Gasteiger partial charge in [0.1, 0.15) is 0 Å². The number of fused-ring (bicyclic) bond motifs is 2. The molecule has 2 atom stereocenters. The lowest BCUT2D eigenvalue weighted by Gasteiger charge is -2.23. The molecule has 1 aliphatic carbocycles. The molecule has 4 aromatic rings. The van der Waals surface area contributed by atoms with Gasteiger partial charge in [-0.15, -0.1) is 0 Å². The number of pyridine rings is 2. The van der Waals surface area contributed by atoms with Gasteiger partial charge in [-0.05, 0) is 54.3 Å². The first-order chi connectivity index (χ1) is 14.8. The summed E-state index contributed by atoms with van der Waals surface area (Å²) in [6.07, 6.45) is 4.92. The smallest absolute Gasteiger partial charge is 0.258 e. The Balaban J connectivity index is 1.38. The van der Waals surface area contributed by atoms with Gasteiger partial charge >= 0.3 is 0 Å². The maximum atomic E-state index is 13.6. The van der Waals surface area contributed by atoms with Crippen LogP contribution in [0.15, 0.2) is 71.7 Å². The van der Waals surface area contributed by atoms with Crippen LogP contribution in [0.1, 0.15) is 48.4 Å². The average molecular weight is 396 g/mol. The first-order valence-electron chi connectivity index (χ1n) is 10.9. The van der Waals surface area contributed by atoms with Crippen LogP contribution in [0.4, 0.5) is 0 Å². The van der Waals surface area contributed by atoms with Crippen LogP contribution in [0.5, 0.6) is 0 Å². The number of para-hydroxylation sites is 1. The molecule has 1 saturated heterocycles. The fourth-order valence-electron chi connectivity index (χ4n) is 5.04. The van der Waals surface area contributed by atoms with E-state index in [1.165, 1.54) is 5.56 Å². The Morgan fingerprint density at radius 3 is 2.63 bits per heavy atom. The van der Waals surface area contributed by atoms with E-state index in [9.17, 15) is 4.79 Å². The molecule has 0 radical (unpaired) electrons. The fourth-order valence-corrected chi connectivity index (χ4v) is 5.04. The summed E-state index contributed by atoms with van der Waals surface area (Å²) in [4.78, 5) is 18.4. The first-order valence-corrected chi connectivity index (χ1v) is 10.9. The van der Waals surface area contributed by atoms with Gasteiger partial charge in [0.25, 0.3) is 5.56 Å². The van der Waals surface area contributed by atoms with Crippen molar-refractivity contribution in [3.05, 3.63) is 88.5 Å². The Hall–Kier alpha value is -2.98. The van der Waals surface area contributed by atoms with Crippen molar-refractivity contribution in [3.63, 3.8) is 0 Å². The van der Waals surface area contributed by atoms with Crippen LogP contribution in [-0.2, 0) is 4.74 Å². The fraction of sp³-hybridized carbons (Fsp3) is 0.308. The standard InChI is InChI=1S/C26H24N2O2/c29-26-25-19(5-3-6-20(25)17-11-14-30-15-12-17)10-13-28(26)24-16-21(24)23-9-8-18-4-1-2-7-22(18)27-23/h1-10,13,17,21,24H,11-12,14-16H2. The molecular weight excluding hydrogens is 372 g/mol. The minimum atomic E-state index is 0.142. The number of benzene rings is 2. The molecule has 2 aliphatic rings. The van der Waals surface area contributed by atoms with E-state index in [0.29, 0.717) is 11.8 Å². The molecule has 2 fully saturated rings. The van der Waals surface area contributed by atoms with Gasteiger partial charge in [-0.25, -0.2) is 0 Å². The third-order valence-corrected chi connectivity index (χ3v) is 6.77. The van der Waals surface area contributed by atoms with Gasteiger partial charge < -0.3 is 9.30 Å². The van der Waals surface area contributed by atoms with Crippen molar-refractivity contribution in [2.45, 2.75) is 37.1 Å². The predicted molar refractivity (Wildman–Crippen MR) is 119 cm³/mol. The second kappa shape index (κ2) is 7.06. The average Bonchev–Trinajstić information content (AvgIpc) is 3.60. The zero-order valence-corrected chi connectivity index (χ0v) is 16.8. The number of nitrogens with zero attached hydrogens (tertiary/aromatic N) is 2. The number of ether oxygens (including phenoxy) is 1. The molecule has 2 unspecified atom stereocenters. The highest BCUT2D eigenvalue weighted by Crippen LogP contribution is 2.50. The Bertz CT molecular complexity index is 1300. The van der Waals surface area contributed by atoms with Crippen molar-refractivity contribution in [1.82, 2.24) is 9.55 Å². The van der Waals surface area contributed by atoms with E-state index in [4.69, 9.17) is 9.72 Å². The highest BCUT2D eigenvalue weighted by atomic mass is 16.5. The third-order valence-electron chi connectivity index (χ3n) is 6.77. The van der Waals surface area contributed by atoms with Crippen LogP contribution in [0, 0.1) is 0 Å². The van der Waals surface area contributed by atoms with Gasteiger partial charge in [0.05, 0.1) is 10.9 Å². The number of rotatable bonds is 3. The Kier molecular flexibility index (Phi) is 4.20. The molecule has 2 aromatic heterocycles.